The predicted octanol–water partition coefficient (Wildman–Crippen LogP) is 1.41. The Kier molecular flexibility index (Phi) is 3.16. The number of aromatic nitrogens is 3. The van der Waals surface area contributed by atoms with E-state index in [1.165, 1.54) is 7.05 Å². The van der Waals surface area contributed by atoms with Crippen LogP contribution in [0.3, 0.4) is 0 Å². The van der Waals surface area contributed by atoms with Gasteiger partial charge in [-0.25, -0.2) is 18.7 Å². The molecule has 0 amide bonds. The molecule has 1 aromatic heterocycles. The van der Waals surface area contributed by atoms with Crippen molar-refractivity contribution in [1.29, 1.82) is 5.26 Å². The van der Waals surface area contributed by atoms with Crippen molar-refractivity contribution < 1.29 is 8.78 Å². The first kappa shape index (κ1) is 12.3. The highest BCUT2D eigenvalue weighted by molar-refractivity contribution is 7.99. The highest BCUT2D eigenvalue weighted by atomic mass is 32.2. The number of H-pyrrole nitrogens is 1. The maximum atomic E-state index is 13.6. The molecule has 2 rings (SSSR count). The number of aromatic amines is 1. The topological polar surface area (TPSA) is 74.5 Å². The van der Waals surface area contributed by atoms with E-state index in [1.807, 2.05) is 0 Å². The summed E-state index contributed by atoms with van der Waals surface area (Å²) in [5.41, 5.74) is -0.586. The van der Waals surface area contributed by atoms with Crippen LogP contribution in [0.15, 0.2) is 27.0 Å². The molecule has 0 fully saturated rings. The van der Waals surface area contributed by atoms with Crippen LogP contribution in [-0.2, 0) is 7.05 Å². The standard InChI is InChI=1S/C10H6F2N4OS/c1-16-9(17)14-15-10(16)18-8-6(11)2-5(4-13)3-7(8)12/h2-3H,1H3,(H,14,17). The summed E-state index contributed by atoms with van der Waals surface area (Å²) in [6.07, 6.45) is 0. The number of nitrogens with zero attached hydrogens (tertiary/aromatic N) is 3. The molecule has 0 atom stereocenters. The maximum Gasteiger partial charge on any atom is 0.343 e. The molecule has 0 saturated carbocycles. The minimum absolute atomic E-state index is 0.106. The van der Waals surface area contributed by atoms with Crippen LogP contribution in [0.2, 0.25) is 0 Å². The van der Waals surface area contributed by atoms with Crippen LogP contribution in [-0.4, -0.2) is 14.8 Å². The first-order valence-electron chi connectivity index (χ1n) is 4.71. The van der Waals surface area contributed by atoms with Gasteiger partial charge >= 0.3 is 5.69 Å². The number of benzene rings is 1. The van der Waals surface area contributed by atoms with Gasteiger partial charge in [0.1, 0.15) is 11.6 Å². The largest absolute Gasteiger partial charge is 0.343 e. The molecule has 0 saturated heterocycles. The Morgan fingerprint density at radius 1 is 1.44 bits per heavy atom. The molecule has 92 valence electrons. The smallest absolute Gasteiger partial charge is 0.273 e. The molecule has 0 aliphatic carbocycles. The van der Waals surface area contributed by atoms with Crippen LogP contribution < -0.4 is 5.69 Å². The Hall–Kier alpha value is -2.14. The Labute approximate surface area is 104 Å². The number of nitriles is 1. The summed E-state index contributed by atoms with van der Waals surface area (Å²) in [7, 11) is 1.42. The lowest BCUT2D eigenvalue weighted by Crippen LogP contribution is -2.12. The predicted molar refractivity (Wildman–Crippen MR) is 59.0 cm³/mol. The quantitative estimate of drug-likeness (QED) is 0.893. The Balaban J connectivity index is 2.45. The Morgan fingerprint density at radius 2 is 2.06 bits per heavy atom. The summed E-state index contributed by atoms with van der Waals surface area (Å²) in [6.45, 7) is 0. The molecule has 1 aromatic carbocycles. The summed E-state index contributed by atoms with van der Waals surface area (Å²) in [6, 6.07) is 3.50. The van der Waals surface area contributed by atoms with E-state index < -0.39 is 17.3 Å². The van der Waals surface area contributed by atoms with Crippen LogP contribution in [0.5, 0.6) is 0 Å². The zero-order valence-corrected chi connectivity index (χ0v) is 9.89. The number of hydrogen-bond donors (Lipinski definition) is 1. The lowest BCUT2D eigenvalue weighted by atomic mass is 10.2. The molecule has 2 aromatic rings. The van der Waals surface area contributed by atoms with Crippen LogP contribution in [0, 0.1) is 23.0 Å². The molecule has 8 heteroatoms. The van der Waals surface area contributed by atoms with Gasteiger partial charge in [-0.2, -0.15) is 5.26 Å². The van der Waals surface area contributed by atoms with E-state index in [0.29, 0.717) is 11.8 Å². The van der Waals surface area contributed by atoms with Gasteiger partial charge in [-0.05, 0) is 23.9 Å². The molecule has 18 heavy (non-hydrogen) atoms. The highest BCUT2D eigenvalue weighted by Gasteiger charge is 2.16. The van der Waals surface area contributed by atoms with Crippen LogP contribution in [0.25, 0.3) is 0 Å². The van der Waals surface area contributed by atoms with Crippen molar-refractivity contribution in [3.8, 4) is 6.07 Å². The molecule has 1 heterocycles. The molecule has 0 bridgehead atoms. The number of nitrogens with one attached hydrogen (secondary N) is 1. The lowest BCUT2D eigenvalue weighted by molar-refractivity contribution is 0.539. The number of rotatable bonds is 2. The summed E-state index contributed by atoms with van der Waals surface area (Å²) >= 11 is 0.669. The monoisotopic (exact) mass is 268 g/mol. The third-order valence-electron chi connectivity index (χ3n) is 2.16. The second-order valence-electron chi connectivity index (χ2n) is 3.35. The molecule has 0 aliphatic heterocycles. The summed E-state index contributed by atoms with van der Waals surface area (Å²) in [5.74, 6) is -1.74. The van der Waals surface area contributed by atoms with Crippen molar-refractivity contribution in [3.63, 3.8) is 0 Å². The van der Waals surface area contributed by atoms with E-state index in [2.05, 4.69) is 10.2 Å². The highest BCUT2D eigenvalue weighted by Crippen LogP contribution is 2.30. The van der Waals surface area contributed by atoms with Crippen LogP contribution >= 0.6 is 11.8 Å². The Bertz CT molecular complexity index is 678. The second kappa shape index (κ2) is 4.62. The van der Waals surface area contributed by atoms with Crippen molar-refractivity contribution in [3.05, 3.63) is 39.8 Å². The van der Waals surface area contributed by atoms with Gasteiger partial charge in [0.2, 0.25) is 0 Å². The fourth-order valence-electron chi connectivity index (χ4n) is 1.24. The van der Waals surface area contributed by atoms with Crippen LogP contribution in [0.4, 0.5) is 8.78 Å². The van der Waals surface area contributed by atoms with Gasteiger partial charge in [0, 0.05) is 7.05 Å². The molecular formula is C10H6F2N4OS. The van der Waals surface area contributed by atoms with Gasteiger partial charge < -0.3 is 0 Å². The molecule has 0 aliphatic rings. The van der Waals surface area contributed by atoms with Gasteiger partial charge in [0.15, 0.2) is 5.16 Å². The minimum Gasteiger partial charge on any atom is -0.273 e. The van der Waals surface area contributed by atoms with Crippen molar-refractivity contribution in [1.82, 2.24) is 14.8 Å². The van der Waals surface area contributed by atoms with E-state index in [9.17, 15) is 13.6 Å². The first-order chi connectivity index (χ1) is 8.52. The van der Waals surface area contributed by atoms with Crippen molar-refractivity contribution in [2.24, 2.45) is 7.05 Å². The van der Waals surface area contributed by atoms with Crippen molar-refractivity contribution in [2.75, 3.05) is 0 Å². The molecule has 0 radical (unpaired) electrons. The average Bonchev–Trinajstić information content (AvgIpc) is 2.65. The normalized spacial score (nSPS) is 10.3. The Morgan fingerprint density at radius 3 is 2.50 bits per heavy atom. The van der Waals surface area contributed by atoms with E-state index in [0.717, 1.165) is 16.7 Å². The lowest BCUT2D eigenvalue weighted by Gasteiger charge is -2.03. The molecule has 0 spiro atoms. The maximum absolute atomic E-state index is 13.6. The number of hydrogen-bond acceptors (Lipinski definition) is 4. The van der Waals surface area contributed by atoms with Gasteiger partial charge in [0.25, 0.3) is 0 Å². The van der Waals surface area contributed by atoms with Crippen molar-refractivity contribution in [2.45, 2.75) is 10.1 Å². The number of halogens is 2. The first-order valence-corrected chi connectivity index (χ1v) is 5.53. The van der Waals surface area contributed by atoms with E-state index >= 15 is 0 Å². The minimum atomic E-state index is -0.869. The SMILES string of the molecule is Cn1c(Sc2c(F)cc(C#N)cc2F)n[nH]c1=O. The van der Waals surface area contributed by atoms with Crippen LogP contribution in [0.1, 0.15) is 5.56 Å². The summed E-state index contributed by atoms with van der Waals surface area (Å²) < 4.78 is 28.3. The van der Waals surface area contributed by atoms with E-state index in [1.54, 1.807) is 6.07 Å². The second-order valence-corrected chi connectivity index (χ2v) is 4.33. The fraction of sp³-hybridized carbons (Fsp3) is 0.100. The van der Waals surface area contributed by atoms with Gasteiger partial charge in [-0.15, -0.1) is 5.10 Å². The zero-order chi connectivity index (χ0) is 13.3. The van der Waals surface area contributed by atoms with E-state index in [4.69, 9.17) is 5.26 Å². The van der Waals surface area contributed by atoms with Crippen molar-refractivity contribution >= 4 is 11.8 Å². The van der Waals surface area contributed by atoms with Gasteiger partial charge in [0.05, 0.1) is 16.5 Å². The third-order valence-corrected chi connectivity index (χ3v) is 3.30. The molecule has 0 unspecified atom stereocenters. The van der Waals surface area contributed by atoms with Gasteiger partial charge in [-0.1, -0.05) is 0 Å². The fourth-order valence-corrected chi connectivity index (χ4v) is 2.04. The molecule has 5 nitrogen and oxygen atoms in total. The zero-order valence-electron chi connectivity index (χ0n) is 9.07. The summed E-state index contributed by atoms with van der Waals surface area (Å²) in [5, 5.41) is 14.5. The molecule has 1 N–H and O–H groups in total. The average molecular weight is 268 g/mol. The van der Waals surface area contributed by atoms with Gasteiger partial charge in [-0.3, -0.25) is 4.57 Å². The van der Waals surface area contributed by atoms with E-state index in [-0.39, 0.29) is 15.6 Å². The third kappa shape index (κ3) is 2.12. The summed E-state index contributed by atoms with van der Waals surface area (Å²) in [4.78, 5) is 10.8. The molecular weight excluding hydrogens is 262 g/mol.